The molecule has 7 N–H and O–H groups in total. The highest BCUT2D eigenvalue weighted by atomic mass is 35.5. The SMILES string of the molecule is C#Cc1cnc2c(Cl)cc(N[C@H](C3=CN(C4(C(F)(F)F)CC4)NN3)c3cccc4c3NNN4)cc2c1NCC(C)(C)C. The van der Waals surface area contributed by atoms with Crippen molar-refractivity contribution < 1.29 is 13.2 Å². The van der Waals surface area contributed by atoms with Gasteiger partial charge in [-0.15, -0.1) is 17.5 Å². The molecule has 1 fully saturated rings. The fourth-order valence-corrected chi connectivity index (χ4v) is 5.45. The quantitative estimate of drug-likeness (QED) is 0.165. The molecule has 3 heterocycles. The molecule has 0 spiro atoms. The molecule has 220 valence electrons. The second-order valence-electron chi connectivity index (χ2n) is 11.9. The highest BCUT2D eigenvalue weighted by Crippen LogP contribution is 2.54. The Balaban J connectivity index is 1.43. The summed E-state index contributed by atoms with van der Waals surface area (Å²) in [6.45, 7) is 7.00. The van der Waals surface area contributed by atoms with Crippen LogP contribution in [-0.2, 0) is 0 Å². The lowest BCUT2D eigenvalue weighted by atomic mass is 9.96. The maximum atomic E-state index is 13.9. The van der Waals surface area contributed by atoms with Crippen molar-refractivity contribution in [3.63, 3.8) is 0 Å². The van der Waals surface area contributed by atoms with Crippen LogP contribution in [0, 0.1) is 17.8 Å². The molecule has 0 radical (unpaired) electrons. The molecule has 6 rings (SSSR count). The van der Waals surface area contributed by atoms with Crippen molar-refractivity contribution in [3.8, 4) is 12.3 Å². The van der Waals surface area contributed by atoms with Crippen LogP contribution in [0.4, 0.5) is 35.9 Å². The number of alkyl halides is 3. The van der Waals surface area contributed by atoms with Gasteiger partial charge in [0.15, 0.2) is 5.54 Å². The lowest BCUT2D eigenvalue weighted by molar-refractivity contribution is -0.195. The van der Waals surface area contributed by atoms with E-state index in [-0.39, 0.29) is 18.3 Å². The first-order valence-corrected chi connectivity index (χ1v) is 13.9. The molecule has 0 saturated heterocycles. The van der Waals surface area contributed by atoms with Gasteiger partial charge in [-0.25, -0.2) is 0 Å². The van der Waals surface area contributed by atoms with Crippen molar-refractivity contribution in [2.45, 2.75) is 51.4 Å². The van der Waals surface area contributed by atoms with Gasteiger partial charge in [0.25, 0.3) is 0 Å². The van der Waals surface area contributed by atoms with E-state index in [1.54, 1.807) is 12.3 Å². The summed E-state index contributed by atoms with van der Waals surface area (Å²) in [5, 5.41) is 9.23. The fourth-order valence-electron chi connectivity index (χ4n) is 5.19. The molecule has 3 aromatic rings. The number of hydrogen-bond donors (Lipinski definition) is 7. The molecule has 1 saturated carbocycles. The van der Waals surface area contributed by atoms with Crippen LogP contribution in [0.15, 0.2) is 48.4 Å². The van der Waals surface area contributed by atoms with E-state index in [2.05, 4.69) is 69.7 Å². The Labute approximate surface area is 246 Å². The Bertz CT molecular complexity index is 1620. The van der Waals surface area contributed by atoms with Crippen molar-refractivity contribution in [1.82, 2.24) is 26.5 Å². The molecule has 0 bridgehead atoms. The molecule has 0 unspecified atom stereocenters. The van der Waals surface area contributed by atoms with Gasteiger partial charge >= 0.3 is 6.18 Å². The minimum Gasteiger partial charge on any atom is -0.383 e. The van der Waals surface area contributed by atoms with Crippen molar-refractivity contribution in [1.29, 1.82) is 0 Å². The Kier molecular flexibility index (Phi) is 6.72. The van der Waals surface area contributed by atoms with Gasteiger partial charge in [0.2, 0.25) is 0 Å². The normalized spacial score (nSPS) is 17.9. The summed E-state index contributed by atoms with van der Waals surface area (Å²) in [6.07, 6.45) is 4.56. The van der Waals surface area contributed by atoms with Crippen LogP contribution in [0.25, 0.3) is 10.9 Å². The molecule has 3 aliphatic rings. The Morgan fingerprint density at radius 3 is 2.64 bits per heavy atom. The lowest BCUT2D eigenvalue weighted by Gasteiger charge is -2.28. The molecule has 2 aromatic carbocycles. The van der Waals surface area contributed by atoms with E-state index < -0.39 is 17.8 Å². The molecule has 9 nitrogen and oxygen atoms in total. The van der Waals surface area contributed by atoms with E-state index in [1.807, 2.05) is 24.3 Å². The van der Waals surface area contributed by atoms with Crippen LogP contribution in [0.2, 0.25) is 5.02 Å². The molecule has 1 aromatic heterocycles. The molecule has 1 aliphatic carbocycles. The van der Waals surface area contributed by atoms with Gasteiger partial charge < -0.3 is 26.9 Å². The molecule has 0 amide bonds. The monoisotopic (exact) mass is 597 g/mol. The molecule has 13 heteroatoms. The average molecular weight is 598 g/mol. The van der Waals surface area contributed by atoms with E-state index >= 15 is 0 Å². The first-order chi connectivity index (χ1) is 19.9. The smallest absolute Gasteiger partial charge is 0.383 e. The van der Waals surface area contributed by atoms with E-state index in [9.17, 15) is 13.2 Å². The summed E-state index contributed by atoms with van der Waals surface area (Å²) in [5.41, 5.74) is 18.1. The Morgan fingerprint density at radius 2 is 1.95 bits per heavy atom. The fraction of sp³-hybridized carbons (Fsp3) is 0.345. The predicted octanol–water partition coefficient (Wildman–Crippen LogP) is 6.00. The topological polar surface area (TPSA) is 100 Å². The van der Waals surface area contributed by atoms with Gasteiger partial charge in [-0.2, -0.15) is 13.2 Å². The third-order valence-electron chi connectivity index (χ3n) is 7.59. The van der Waals surface area contributed by atoms with Crippen LogP contribution in [0.5, 0.6) is 0 Å². The zero-order valence-electron chi connectivity index (χ0n) is 23.2. The van der Waals surface area contributed by atoms with Crippen LogP contribution in [-0.4, -0.2) is 28.3 Å². The van der Waals surface area contributed by atoms with Crippen LogP contribution < -0.4 is 38.0 Å². The Hall–Kier alpha value is -4.05. The third kappa shape index (κ3) is 4.98. The molecule has 1 atom stereocenters. The minimum atomic E-state index is -4.38. The number of hydrazine groups is 4. The largest absolute Gasteiger partial charge is 0.413 e. The first-order valence-electron chi connectivity index (χ1n) is 13.5. The second-order valence-corrected chi connectivity index (χ2v) is 12.3. The van der Waals surface area contributed by atoms with E-state index in [0.29, 0.717) is 34.0 Å². The van der Waals surface area contributed by atoms with Gasteiger partial charge in [-0.3, -0.25) is 9.99 Å². The maximum absolute atomic E-state index is 13.9. The number of benzene rings is 2. The van der Waals surface area contributed by atoms with Gasteiger partial charge in [0.05, 0.1) is 44.9 Å². The molecular formula is C29H31ClF3N9. The maximum Gasteiger partial charge on any atom is 0.413 e. The summed E-state index contributed by atoms with van der Waals surface area (Å²) >= 11 is 6.75. The highest BCUT2D eigenvalue weighted by molar-refractivity contribution is 6.35. The van der Waals surface area contributed by atoms with Crippen molar-refractivity contribution in [2.75, 3.05) is 28.0 Å². The second kappa shape index (κ2) is 10.0. The number of fused-ring (bicyclic) bond motifs is 2. The van der Waals surface area contributed by atoms with E-state index in [1.165, 1.54) is 6.20 Å². The summed E-state index contributed by atoms with van der Waals surface area (Å²) in [7, 11) is 0. The standard InChI is InChI=1S/C29H31ClF3N9/c1-5-16-13-34-24-19(23(16)35-15-27(2,3)4)11-17(12-20(24)30)36-25(18-7-6-8-21-26(18)39-40-37-21)22-14-42(41-38-22)28(9-10-28)29(31,32)33/h1,6-8,11-14,25,36-41H,9-10,15H2,2-4H3,(H,34,35)/t25-/m0/s1. The summed E-state index contributed by atoms with van der Waals surface area (Å²) in [5.74, 6) is 2.70. The number of hydrogen-bond acceptors (Lipinski definition) is 9. The lowest BCUT2D eigenvalue weighted by Crippen LogP contribution is -2.52. The summed E-state index contributed by atoms with van der Waals surface area (Å²) < 4.78 is 41.8. The number of halogens is 4. The number of nitrogens with zero attached hydrogens (tertiary/aromatic N) is 2. The van der Waals surface area contributed by atoms with Gasteiger partial charge in [-0.1, -0.05) is 50.4 Å². The average Bonchev–Trinajstić information content (AvgIpc) is 3.37. The van der Waals surface area contributed by atoms with Crippen molar-refractivity contribution >= 4 is 45.3 Å². The van der Waals surface area contributed by atoms with Gasteiger partial charge in [0.1, 0.15) is 0 Å². The van der Waals surface area contributed by atoms with Crippen LogP contribution in [0.1, 0.15) is 50.8 Å². The number of anilines is 4. The number of para-hydroxylation sites is 1. The number of aromatic nitrogens is 1. The Morgan fingerprint density at radius 1 is 1.17 bits per heavy atom. The summed E-state index contributed by atoms with van der Waals surface area (Å²) in [6, 6.07) is 8.70. The van der Waals surface area contributed by atoms with Crippen molar-refractivity contribution in [2.24, 2.45) is 5.41 Å². The number of rotatable bonds is 7. The minimum absolute atomic E-state index is 0.0122. The number of pyridine rings is 1. The van der Waals surface area contributed by atoms with Gasteiger partial charge in [0, 0.05) is 35.6 Å². The molecular weight excluding hydrogens is 567 g/mol. The number of terminal acetylenes is 1. The van der Waals surface area contributed by atoms with E-state index in [0.717, 1.165) is 33.0 Å². The van der Waals surface area contributed by atoms with Crippen LogP contribution in [0.3, 0.4) is 0 Å². The number of nitrogens with one attached hydrogen (secondary N) is 7. The zero-order chi connectivity index (χ0) is 29.9. The van der Waals surface area contributed by atoms with Gasteiger partial charge in [-0.05, 0) is 36.5 Å². The van der Waals surface area contributed by atoms with Crippen molar-refractivity contribution in [3.05, 3.63) is 64.6 Å². The van der Waals surface area contributed by atoms with E-state index in [4.69, 9.17) is 18.0 Å². The predicted molar refractivity (Wildman–Crippen MR) is 160 cm³/mol. The molecule has 2 aliphatic heterocycles. The highest BCUT2D eigenvalue weighted by Gasteiger charge is 2.67. The zero-order valence-corrected chi connectivity index (χ0v) is 24.0. The summed E-state index contributed by atoms with van der Waals surface area (Å²) in [4.78, 5) is 4.51. The molecule has 42 heavy (non-hydrogen) atoms. The first kappa shape index (κ1) is 28.1. The third-order valence-corrected chi connectivity index (χ3v) is 7.88. The van der Waals surface area contributed by atoms with Crippen LogP contribution >= 0.6 is 11.6 Å².